The molecular weight excluding hydrogens is 222 g/mol. The highest BCUT2D eigenvalue weighted by Crippen LogP contribution is 2.32. The summed E-state index contributed by atoms with van der Waals surface area (Å²) in [6.07, 6.45) is 1.86. The van der Waals surface area contributed by atoms with Crippen molar-refractivity contribution in [3.63, 3.8) is 0 Å². The number of allylic oxidation sites excluding steroid dienone is 1. The average Bonchev–Trinajstić information content (AvgIpc) is 2.34. The largest absolute Gasteiger partial charge is 0.493 e. The molecular formula is C12H15NO4. The van der Waals surface area contributed by atoms with Crippen molar-refractivity contribution in [2.45, 2.75) is 13.3 Å². The van der Waals surface area contributed by atoms with Gasteiger partial charge in [-0.1, -0.05) is 19.1 Å². The first-order chi connectivity index (χ1) is 8.13. The third kappa shape index (κ3) is 2.96. The van der Waals surface area contributed by atoms with Gasteiger partial charge in [0.05, 0.1) is 19.1 Å². The van der Waals surface area contributed by atoms with Crippen molar-refractivity contribution in [3.05, 3.63) is 39.6 Å². The molecule has 0 radical (unpaired) electrons. The second-order valence-corrected chi connectivity index (χ2v) is 3.33. The second-order valence-electron chi connectivity index (χ2n) is 3.33. The van der Waals surface area contributed by atoms with E-state index in [1.165, 1.54) is 20.3 Å². The molecule has 1 aromatic rings. The lowest BCUT2D eigenvalue weighted by Gasteiger charge is -2.09. The third-order valence-corrected chi connectivity index (χ3v) is 2.35. The number of rotatable bonds is 5. The standard InChI is InChI=1S/C12H15NO4/c1-4-10(13(14)15)8-9-6-5-7-11(16-2)12(9)17-3/h5-8H,4H2,1-3H3/b10-8+. The number of hydrogen-bond acceptors (Lipinski definition) is 4. The number of hydrogen-bond donors (Lipinski definition) is 0. The summed E-state index contributed by atoms with van der Waals surface area (Å²) in [7, 11) is 3.03. The van der Waals surface area contributed by atoms with Gasteiger partial charge in [0, 0.05) is 18.1 Å². The Hall–Kier alpha value is -2.04. The Kier molecular flexibility index (Phi) is 4.51. The summed E-state index contributed by atoms with van der Waals surface area (Å²) in [5.41, 5.74) is 0.775. The van der Waals surface area contributed by atoms with Gasteiger partial charge in [-0.3, -0.25) is 10.1 Å². The van der Waals surface area contributed by atoms with Gasteiger partial charge in [-0.05, 0) is 6.07 Å². The van der Waals surface area contributed by atoms with Gasteiger partial charge < -0.3 is 9.47 Å². The Balaban J connectivity index is 3.26. The minimum absolute atomic E-state index is 0.136. The molecule has 1 rings (SSSR count). The summed E-state index contributed by atoms with van der Waals surface area (Å²) in [6.45, 7) is 1.74. The van der Waals surface area contributed by atoms with Crippen LogP contribution >= 0.6 is 0 Å². The summed E-state index contributed by atoms with van der Waals surface area (Å²) >= 11 is 0. The fourth-order valence-electron chi connectivity index (χ4n) is 1.49. The maximum atomic E-state index is 10.8. The lowest BCUT2D eigenvalue weighted by molar-refractivity contribution is -0.425. The maximum Gasteiger partial charge on any atom is 0.246 e. The lowest BCUT2D eigenvalue weighted by Crippen LogP contribution is -1.98. The monoisotopic (exact) mass is 237 g/mol. The van der Waals surface area contributed by atoms with Crippen LogP contribution in [0.15, 0.2) is 23.9 Å². The number of benzene rings is 1. The van der Waals surface area contributed by atoms with Crippen LogP contribution in [-0.4, -0.2) is 19.1 Å². The highest BCUT2D eigenvalue weighted by atomic mass is 16.6. The molecule has 1 aromatic carbocycles. The van der Waals surface area contributed by atoms with Gasteiger partial charge >= 0.3 is 0 Å². The number of methoxy groups -OCH3 is 2. The second kappa shape index (κ2) is 5.89. The van der Waals surface area contributed by atoms with E-state index in [0.29, 0.717) is 23.5 Å². The van der Waals surface area contributed by atoms with Gasteiger partial charge in [0.1, 0.15) is 0 Å². The Morgan fingerprint density at radius 1 is 1.41 bits per heavy atom. The number of ether oxygens (including phenoxy) is 2. The molecule has 0 fully saturated rings. The Bertz CT molecular complexity index is 440. The first-order valence-electron chi connectivity index (χ1n) is 5.20. The normalized spacial score (nSPS) is 11.1. The smallest absolute Gasteiger partial charge is 0.246 e. The molecule has 0 atom stereocenters. The molecule has 0 aliphatic rings. The van der Waals surface area contributed by atoms with Crippen molar-refractivity contribution >= 4 is 6.08 Å². The van der Waals surface area contributed by atoms with Crippen LogP contribution in [0.25, 0.3) is 6.08 Å². The summed E-state index contributed by atoms with van der Waals surface area (Å²) in [5, 5.41) is 10.8. The highest BCUT2D eigenvalue weighted by molar-refractivity contribution is 5.63. The molecule has 5 heteroatoms. The molecule has 0 N–H and O–H groups in total. The van der Waals surface area contributed by atoms with Crippen LogP contribution in [0.5, 0.6) is 11.5 Å². The number of nitro groups is 1. The van der Waals surface area contributed by atoms with Gasteiger partial charge in [-0.25, -0.2) is 0 Å². The van der Waals surface area contributed by atoms with Gasteiger partial charge in [-0.2, -0.15) is 0 Å². The molecule has 0 unspecified atom stereocenters. The topological polar surface area (TPSA) is 61.6 Å². The lowest BCUT2D eigenvalue weighted by atomic mass is 10.1. The Morgan fingerprint density at radius 2 is 2.12 bits per heavy atom. The summed E-state index contributed by atoms with van der Waals surface area (Å²) in [5.74, 6) is 1.06. The molecule has 0 aliphatic carbocycles. The van der Waals surface area contributed by atoms with Crippen LogP contribution in [-0.2, 0) is 0 Å². The molecule has 0 aromatic heterocycles. The minimum Gasteiger partial charge on any atom is -0.493 e. The van der Waals surface area contributed by atoms with Crippen molar-refractivity contribution in [1.82, 2.24) is 0 Å². The Morgan fingerprint density at radius 3 is 2.59 bits per heavy atom. The molecule has 0 aliphatic heterocycles. The first-order valence-corrected chi connectivity index (χ1v) is 5.20. The van der Waals surface area contributed by atoms with Crippen molar-refractivity contribution in [2.75, 3.05) is 14.2 Å². The zero-order chi connectivity index (χ0) is 12.8. The van der Waals surface area contributed by atoms with Crippen molar-refractivity contribution in [3.8, 4) is 11.5 Å². The molecule has 17 heavy (non-hydrogen) atoms. The summed E-state index contributed by atoms with van der Waals surface area (Å²) in [4.78, 5) is 10.4. The SMILES string of the molecule is CC/C(=C\c1cccc(OC)c1OC)[N+](=O)[O-]. The van der Waals surface area contributed by atoms with E-state index in [1.54, 1.807) is 25.1 Å². The number of nitrogens with zero attached hydrogens (tertiary/aromatic N) is 1. The summed E-state index contributed by atoms with van der Waals surface area (Å²) in [6, 6.07) is 5.26. The zero-order valence-electron chi connectivity index (χ0n) is 10.1. The quantitative estimate of drug-likeness (QED) is 0.583. The van der Waals surface area contributed by atoms with E-state index in [2.05, 4.69) is 0 Å². The molecule has 5 nitrogen and oxygen atoms in total. The van der Waals surface area contributed by atoms with E-state index in [-0.39, 0.29) is 10.6 Å². The van der Waals surface area contributed by atoms with Crippen molar-refractivity contribution in [2.24, 2.45) is 0 Å². The molecule has 0 heterocycles. The highest BCUT2D eigenvalue weighted by Gasteiger charge is 2.12. The van der Waals surface area contributed by atoms with E-state index in [4.69, 9.17) is 9.47 Å². The predicted octanol–water partition coefficient (Wildman–Crippen LogP) is 2.73. The van der Waals surface area contributed by atoms with E-state index < -0.39 is 0 Å². The molecule has 92 valence electrons. The molecule has 0 bridgehead atoms. The summed E-state index contributed by atoms with van der Waals surface area (Å²) < 4.78 is 10.3. The molecule has 0 amide bonds. The number of para-hydroxylation sites is 1. The van der Waals surface area contributed by atoms with Gasteiger partial charge in [0.25, 0.3) is 0 Å². The van der Waals surface area contributed by atoms with Crippen LogP contribution in [0.3, 0.4) is 0 Å². The van der Waals surface area contributed by atoms with Gasteiger partial charge in [0.15, 0.2) is 11.5 Å². The fraction of sp³-hybridized carbons (Fsp3) is 0.333. The Labute approximate surface area is 99.8 Å². The van der Waals surface area contributed by atoms with Crippen LogP contribution in [0.4, 0.5) is 0 Å². The minimum atomic E-state index is -0.390. The third-order valence-electron chi connectivity index (χ3n) is 2.35. The van der Waals surface area contributed by atoms with Crippen molar-refractivity contribution in [1.29, 1.82) is 0 Å². The van der Waals surface area contributed by atoms with Crippen LogP contribution < -0.4 is 9.47 Å². The van der Waals surface area contributed by atoms with E-state index >= 15 is 0 Å². The maximum absolute atomic E-state index is 10.8. The first kappa shape index (κ1) is 13.0. The average molecular weight is 237 g/mol. The van der Waals surface area contributed by atoms with E-state index in [0.717, 1.165) is 0 Å². The fourth-order valence-corrected chi connectivity index (χ4v) is 1.49. The van der Waals surface area contributed by atoms with Gasteiger partial charge in [0.2, 0.25) is 5.70 Å². The molecule has 0 saturated carbocycles. The van der Waals surface area contributed by atoms with E-state index in [1.807, 2.05) is 0 Å². The predicted molar refractivity (Wildman–Crippen MR) is 64.8 cm³/mol. The van der Waals surface area contributed by atoms with Crippen LogP contribution in [0.1, 0.15) is 18.9 Å². The van der Waals surface area contributed by atoms with Gasteiger partial charge in [-0.15, -0.1) is 0 Å². The van der Waals surface area contributed by atoms with Crippen LogP contribution in [0.2, 0.25) is 0 Å². The molecule has 0 saturated heterocycles. The van der Waals surface area contributed by atoms with Crippen LogP contribution in [0, 0.1) is 10.1 Å². The molecule has 0 spiro atoms. The zero-order valence-corrected chi connectivity index (χ0v) is 10.1. The van der Waals surface area contributed by atoms with E-state index in [9.17, 15) is 10.1 Å². The van der Waals surface area contributed by atoms with Crippen molar-refractivity contribution < 1.29 is 14.4 Å².